The van der Waals surface area contributed by atoms with Crippen LogP contribution in [-0.2, 0) is 0 Å². The monoisotopic (exact) mass is 327 g/mol. The second kappa shape index (κ2) is 5.76. The molecular weight excluding hydrogens is 310 g/mol. The number of nitrogens with zero attached hydrogens (tertiary/aromatic N) is 1. The second-order valence-corrected chi connectivity index (χ2v) is 6.33. The smallest absolute Gasteiger partial charge is 0.287 e. The van der Waals surface area contributed by atoms with Gasteiger partial charge in [0.25, 0.3) is 11.6 Å². The summed E-state index contributed by atoms with van der Waals surface area (Å²) in [5.74, 6) is 0.551. The van der Waals surface area contributed by atoms with Crippen LogP contribution in [-0.4, -0.2) is 29.0 Å². The molecule has 0 saturated carbocycles. The molecule has 0 spiro atoms. The zero-order valence-electron chi connectivity index (χ0n) is 12.9. The molecule has 3 atom stereocenters. The van der Waals surface area contributed by atoms with Gasteiger partial charge in [-0.15, -0.1) is 0 Å². The molecule has 4 rings (SSSR count). The van der Waals surface area contributed by atoms with E-state index in [1.165, 1.54) is 18.6 Å². The maximum absolute atomic E-state index is 12.3. The Kier molecular flexibility index (Phi) is 3.57. The fraction of sp³-hybridized carbons (Fsp3) is 0.353. The molecule has 7 heteroatoms. The maximum atomic E-state index is 12.3. The van der Waals surface area contributed by atoms with E-state index in [4.69, 9.17) is 4.42 Å². The Bertz CT molecular complexity index is 783. The Morgan fingerprint density at radius 1 is 1.21 bits per heavy atom. The standard InChI is InChI=1S/C17H17N3O4/c21-17(19-14-9-11-3-6-13(14)18-11)16-8-7-15(24-16)10-1-4-12(5-2-10)20(22)23/h1-2,4-5,7-8,11,13-14,18H,3,6,9H2,(H,19,21)/t11-,13-,14+/m0/s1. The number of nitrogens with one attached hydrogen (secondary N) is 2. The van der Waals surface area contributed by atoms with Gasteiger partial charge in [0.05, 0.1) is 4.92 Å². The predicted molar refractivity (Wildman–Crippen MR) is 86.6 cm³/mol. The molecule has 24 heavy (non-hydrogen) atoms. The van der Waals surface area contributed by atoms with Crippen molar-refractivity contribution in [2.24, 2.45) is 0 Å². The van der Waals surface area contributed by atoms with Crippen molar-refractivity contribution in [2.45, 2.75) is 37.4 Å². The van der Waals surface area contributed by atoms with Gasteiger partial charge in [0, 0.05) is 35.8 Å². The predicted octanol–water partition coefficient (Wildman–Crippen LogP) is 2.48. The molecule has 0 aliphatic carbocycles. The number of carbonyl (C=O) groups is 1. The fourth-order valence-electron chi connectivity index (χ4n) is 3.59. The Balaban J connectivity index is 1.46. The van der Waals surface area contributed by atoms with Gasteiger partial charge < -0.3 is 15.1 Å². The molecular formula is C17H17N3O4. The highest BCUT2D eigenvalue weighted by Gasteiger charge is 2.39. The molecule has 124 valence electrons. The van der Waals surface area contributed by atoms with Gasteiger partial charge in [0.15, 0.2) is 5.76 Å². The Morgan fingerprint density at radius 2 is 2.00 bits per heavy atom. The number of amides is 1. The van der Waals surface area contributed by atoms with Crippen molar-refractivity contribution in [2.75, 3.05) is 0 Å². The number of nitro benzene ring substituents is 1. The van der Waals surface area contributed by atoms with Gasteiger partial charge in [-0.05, 0) is 43.5 Å². The van der Waals surface area contributed by atoms with E-state index >= 15 is 0 Å². The molecule has 2 bridgehead atoms. The van der Waals surface area contributed by atoms with Crippen molar-refractivity contribution in [3.8, 4) is 11.3 Å². The SMILES string of the molecule is O=C(N[C@@H]1C[C@@H]2CC[C@@H]1N2)c1ccc(-c2ccc([N+](=O)[O-])cc2)o1. The first-order valence-corrected chi connectivity index (χ1v) is 8.02. The number of fused-ring (bicyclic) bond motifs is 2. The van der Waals surface area contributed by atoms with Gasteiger partial charge in [-0.25, -0.2) is 0 Å². The van der Waals surface area contributed by atoms with E-state index in [2.05, 4.69) is 10.6 Å². The molecule has 0 unspecified atom stereocenters. The molecule has 2 N–H and O–H groups in total. The summed E-state index contributed by atoms with van der Waals surface area (Å²) in [6, 6.07) is 10.4. The van der Waals surface area contributed by atoms with Crippen molar-refractivity contribution >= 4 is 11.6 Å². The highest BCUT2D eigenvalue weighted by molar-refractivity contribution is 5.92. The first-order valence-electron chi connectivity index (χ1n) is 8.02. The third-order valence-electron chi connectivity index (χ3n) is 4.81. The summed E-state index contributed by atoms with van der Waals surface area (Å²) < 4.78 is 5.62. The summed E-state index contributed by atoms with van der Waals surface area (Å²) in [6.45, 7) is 0. The van der Waals surface area contributed by atoms with E-state index in [1.54, 1.807) is 24.3 Å². The van der Waals surface area contributed by atoms with Crippen molar-refractivity contribution in [3.05, 3.63) is 52.3 Å². The van der Waals surface area contributed by atoms with Gasteiger partial charge in [-0.1, -0.05) is 0 Å². The first-order chi connectivity index (χ1) is 11.6. The van der Waals surface area contributed by atoms with E-state index in [1.807, 2.05) is 0 Å². The molecule has 3 heterocycles. The first kappa shape index (κ1) is 14.9. The molecule has 0 radical (unpaired) electrons. The lowest BCUT2D eigenvalue weighted by Crippen LogP contribution is -2.42. The molecule has 2 saturated heterocycles. The third-order valence-corrected chi connectivity index (χ3v) is 4.81. The molecule has 1 aromatic heterocycles. The Hall–Kier alpha value is -2.67. The Morgan fingerprint density at radius 3 is 2.62 bits per heavy atom. The average Bonchev–Trinajstić information content (AvgIpc) is 3.31. The lowest BCUT2D eigenvalue weighted by atomic mass is 9.95. The van der Waals surface area contributed by atoms with Crippen molar-refractivity contribution in [3.63, 3.8) is 0 Å². The number of hydrogen-bond acceptors (Lipinski definition) is 5. The fourth-order valence-corrected chi connectivity index (χ4v) is 3.59. The van der Waals surface area contributed by atoms with Crippen LogP contribution in [0.4, 0.5) is 5.69 Å². The van der Waals surface area contributed by atoms with E-state index < -0.39 is 4.92 Å². The summed E-state index contributed by atoms with van der Waals surface area (Å²) >= 11 is 0. The number of carbonyl (C=O) groups excluding carboxylic acids is 1. The van der Waals surface area contributed by atoms with E-state index in [0.29, 0.717) is 23.4 Å². The van der Waals surface area contributed by atoms with Gasteiger partial charge in [-0.3, -0.25) is 14.9 Å². The van der Waals surface area contributed by atoms with Crippen LogP contribution in [0.2, 0.25) is 0 Å². The van der Waals surface area contributed by atoms with Crippen LogP contribution in [0.25, 0.3) is 11.3 Å². The van der Waals surface area contributed by atoms with Gasteiger partial charge in [-0.2, -0.15) is 0 Å². The van der Waals surface area contributed by atoms with Crippen molar-refractivity contribution in [1.29, 1.82) is 0 Å². The minimum atomic E-state index is -0.450. The lowest BCUT2D eigenvalue weighted by molar-refractivity contribution is -0.384. The molecule has 2 aromatic rings. The van der Waals surface area contributed by atoms with Crippen LogP contribution in [0.1, 0.15) is 29.8 Å². The van der Waals surface area contributed by atoms with Crippen LogP contribution >= 0.6 is 0 Å². The van der Waals surface area contributed by atoms with Crippen LogP contribution in [0.5, 0.6) is 0 Å². The van der Waals surface area contributed by atoms with Gasteiger partial charge in [0.1, 0.15) is 5.76 Å². The highest BCUT2D eigenvalue weighted by Crippen LogP contribution is 2.29. The summed E-state index contributed by atoms with van der Waals surface area (Å²) in [6.07, 6.45) is 3.25. The summed E-state index contributed by atoms with van der Waals surface area (Å²) in [4.78, 5) is 22.6. The minimum Gasteiger partial charge on any atom is -0.451 e. The molecule has 2 fully saturated rings. The maximum Gasteiger partial charge on any atom is 0.287 e. The molecule has 2 aliphatic rings. The number of rotatable bonds is 4. The lowest BCUT2D eigenvalue weighted by Gasteiger charge is -2.20. The van der Waals surface area contributed by atoms with Gasteiger partial charge >= 0.3 is 0 Å². The average molecular weight is 327 g/mol. The minimum absolute atomic E-state index is 0.0204. The summed E-state index contributed by atoms with van der Waals surface area (Å²) in [5.41, 5.74) is 0.716. The molecule has 1 aromatic carbocycles. The van der Waals surface area contributed by atoms with Crippen LogP contribution in [0.3, 0.4) is 0 Å². The third kappa shape index (κ3) is 2.67. The van der Waals surface area contributed by atoms with Crippen LogP contribution in [0, 0.1) is 10.1 Å². The zero-order chi connectivity index (χ0) is 16.7. The van der Waals surface area contributed by atoms with Crippen LogP contribution < -0.4 is 10.6 Å². The number of non-ortho nitro benzene ring substituents is 1. The molecule has 1 amide bonds. The van der Waals surface area contributed by atoms with Crippen LogP contribution in [0.15, 0.2) is 40.8 Å². The molecule has 7 nitrogen and oxygen atoms in total. The normalized spacial score (nSPS) is 24.9. The quantitative estimate of drug-likeness (QED) is 0.664. The number of nitro groups is 1. The van der Waals surface area contributed by atoms with E-state index in [-0.39, 0.29) is 23.4 Å². The van der Waals surface area contributed by atoms with Crippen molar-refractivity contribution in [1.82, 2.24) is 10.6 Å². The second-order valence-electron chi connectivity index (χ2n) is 6.33. The Labute approximate surface area is 138 Å². The highest BCUT2D eigenvalue weighted by atomic mass is 16.6. The summed E-state index contributed by atoms with van der Waals surface area (Å²) in [7, 11) is 0. The number of furan rings is 1. The number of benzene rings is 1. The van der Waals surface area contributed by atoms with E-state index in [9.17, 15) is 14.9 Å². The summed E-state index contributed by atoms with van der Waals surface area (Å²) in [5, 5.41) is 17.2. The van der Waals surface area contributed by atoms with Gasteiger partial charge in [0.2, 0.25) is 0 Å². The number of hydrogen-bond donors (Lipinski definition) is 2. The van der Waals surface area contributed by atoms with E-state index in [0.717, 1.165) is 12.8 Å². The molecule has 2 aliphatic heterocycles. The zero-order valence-corrected chi connectivity index (χ0v) is 12.9. The topological polar surface area (TPSA) is 97.4 Å². The van der Waals surface area contributed by atoms with Crippen molar-refractivity contribution < 1.29 is 14.1 Å². The largest absolute Gasteiger partial charge is 0.451 e.